The van der Waals surface area contributed by atoms with Gasteiger partial charge in [0.25, 0.3) is 0 Å². The molecule has 80 valence electrons. The van der Waals surface area contributed by atoms with Gasteiger partial charge in [0, 0.05) is 0 Å². The number of hydrogen-bond donors (Lipinski definition) is 1. The zero-order valence-corrected chi connectivity index (χ0v) is 15.5. The Bertz CT molecular complexity index is 461. The molecule has 0 bridgehead atoms. The fourth-order valence-corrected chi connectivity index (χ4v) is 9.06. The Labute approximate surface area is 105 Å². The van der Waals surface area contributed by atoms with Crippen LogP contribution >= 0.6 is 8.25 Å². The predicted octanol–water partition coefficient (Wildman–Crippen LogP) is 0.861. The Kier molecular flexibility index (Phi) is 4.40. The summed E-state index contributed by atoms with van der Waals surface area (Å²) in [4.78, 5) is 1.73. The van der Waals surface area contributed by atoms with E-state index in [-0.39, 0.29) is 4.90 Å². The molecule has 0 radical (unpaired) electrons. The van der Waals surface area contributed by atoms with E-state index in [4.69, 9.17) is 12.8 Å². The molecule has 0 saturated heterocycles. The number of benzene rings is 1. The van der Waals surface area contributed by atoms with Crippen LogP contribution in [0.15, 0.2) is 23.1 Å². The second-order valence-electron chi connectivity index (χ2n) is 3.30. The summed E-state index contributed by atoms with van der Waals surface area (Å²) >= 11 is -1.86. The van der Waals surface area contributed by atoms with Crippen molar-refractivity contribution in [3.05, 3.63) is 18.2 Å². The van der Waals surface area contributed by atoms with E-state index in [9.17, 15) is 8.42 Å². The van der Waals surface area contributed by atoms with E-state index in [1.165, 1.54) is 6.07 Å². The molecule has 0 spiro atoms. The first-order chi connectivity index (χ1) is 6.86. The normalized spacial score (nSPS) is 10.9. The van der Waals surface area contributed by atoms with Crippen LogP contribution in [0.4, 0.5) is 5.69 Å². The van der Waals surface area contributed by atoms with Crippen molar-refractivity contribution in [2.75, 3.05) is 19.0 Å². The summed E-state index contributed by atoms with van der Waals surface area (Å²) < 4.78 is 31.9. The average molecular weight is 436 g/mol. The molecule has 0 aromatic heterocycles. The molecular weight excluding hydrogens is 426 g/mol. The molecule has 0 heterocycles. The van der Waals surface area contributed by atoms with Crippen LogP contribution in [0.25, 0.3) is 0 Å². The zero-order valence-electron chi connectivity index (χ0n) is 8.44. The minimum atomic E-state index is -4.16. The number of rotatable bonds is 3. The first-order valence-corrected chi connectivity index (χ1v) is 15.2. The van der Waals surface area contributed by atoms with Gasteiger partial charge in [-0.3, -0.25) is 0 Å². The molecule has 1 N–H and O–H groups in total. The Hall–Kier alpha value is 0.155. The van der Waals surface area contributed by atoms with Gasteiger partial charge in [-0.25, -0.2) is 0 Å². The van der Waals surface area contributed by atoms with Gasteiger partial charge in [0.15, 0.2) is 0 Å². The summed E-state index contributed by atoms with van der Waals surface area (Å²) in [6, 6.07) is 4.94. The molecule has 4 nitrogen and oxygen atoms in total. The minimum absolute atomic E-state index is 0.0367. The van der Waals surface area contributed by atoms with Crippen molar-refractivity contribution in [1.82, 2.24) is 0 Å². The summed E-state index contributed by atoms with van der Waals surface area (Å²) in [6.45, 7) is 0. The molecule has 7 heteroatoms. The summed E-state index contributed by atoms with van der Waals surface area (Å²) in [5.74, 6) is 0. The molecule has 0 aliphatic rings. The summed E-state index contributed by atoms with van der Waals surface area (Å²) in [5.41, 5.74) is 0.727. The van der Waals surface area contributed by atoms with Crippen molar-refractivity contribution in [2.45, 2.75) is 4.90 Å². The van der Waals surface area contributed by atoms with Crippen LogP contribution < -0.4 is 7.97 Å². The van der Waals surface area contributed by atoms with Gasteiger partial charge in [-0.15, -0.1) is 0 Å². The summed E-state index contributed by atoms with van der Waals surface area (Å²) in [7, 11) is 5.24. The van der Waals surface area contributed by atoms with Gasteiger partial charge in [0.05, 0.1) is 0 Å². The Morgan fingerprint density at radius 2 is 2.00 bits per heavy atom. The van der Waals surface area contributed by atoms with Crippen molar-refractivity contribution in [3.8, 4) is 0 Å². The third-order valence-electron chi connectivity index (χ3n) is 1.99. The topological polar surface area (TPSA) is 57.6 Å². The van der Waals surface area contributed by atoms with Crippen molar-refractivity contribution >= 4 is 27.1 Å². The van der Waals surface area contributed by atoms with Crippen LogP contribution in [0, 0.1) is 0 Å². The predicted molar refractivity (Wildman–Crippen MR) is 56.1 cm³/mol. The van der Waals surface area contributed by atoms with Crippen LogP contribution in [0.1, 0.15) is 0 Å². The third-order valence-corrected chi connectivity index (χ3v) is 9.96. The van der Waals surface area contributed by atoms with E-state index >= 15 is 0 Å². The van der Waals surface area contributed by atoms with Gasteiger partial charge >= 0.3 is 106 Å². The summed E-state index contributed by atoms with van der Waals surface area (Å²) in [5, 5.41) is 0. The van der Waals surface area contributed by atoms with Crippen LogP contribution in [0.5, 0.6) is 0 Å². The first kappa shape index (κ1) is 13.2. The van der Waals surface area contributed by atoms with Crippen LogP contribution in [-0.4, -0.2) is 27.1 Å². The van der Waals surface area contributed by atoms with E-state index in [1.807, 2.05) is 0 Å². The molecule has 1 aromatic carbocycles. The molecule has 0 aliphatic carbocycles. The molecule has 15 heavy (non-hydrogen) atoms. The standard InChI is InChI=1S/C8H10NO3S.ClH.Hg/c1-9(2)7-4-3-5-8(6-7)13(10,11)12;;/h3-4,6H,1-2H3,(H,10,11,12);1H;/q;;+1/p-1. The fourth-order valence-electron chi connectivity index (χ4n) is 1.17. The maximum absolute atomic E-state index is 11.1. The van der Waals surface area contributed by atoms with Gasteiger partial charge in [0.1, 0.15) is 0 Å². The molecule has 0 atom stereocenters. The maximum atomic E-state index is 11.1. The van der Waals surface area contributed by atoms with Crippen molar-refractivity contribution < 1.29 is 36.3 Å². The number of hydrogen-bond acceptors (Lipinski definition) is 3. The molecule has 0 aliphatic heterocycles. The molecule has 1 aromatic rings. The second kappa shape index (κ2) is 4.99. The SMILES string of the molecule is CN(C)c1cc[c]([Hg][Cl])c(S(=O)(=O)O)c1. The van der Waals surface area contributed by atoms with E-state index in [2.05, 4.69) is 0 Å². The number of anilines is 1. The molecule has 0 saturated carbocycles. The van der Waals surface area contributed by atoms with Gasteiger partial charge in [-0.2, -0.15) is 0 Å². The first-order valence-electron chi connectivity index (χ1n) is 4.20. The molecule has 1 rings (SSSR count). The van der Waals surface area contributed by atoms with Crippen LogP contribution in [0.3, 0.4) is 0 Å². The van der Waals surface area contributed by atoms with Crippen LogP contribution in [-0.2, 0) is 33.5 Å². The zero-order chi connectivity index (χ0) is 11.6. The quantitative estimate of drug-likeness (QED) is 0.565. The molecule has 0 unspecified atom stereocenters. The van der Waals surface area contributed by atoms with Crippen molar-refractivity contribution in [2.24, 2.45) is 0 Å². The van der Waals surface area contributed by atoms with Crippen molar-refractivity contribution in [3.63, 3.8) is 0 Å². The van der Waals surface area contributed by atoms with E-state index in [1.54, 1.807) is 31.1 Å². The van der Waals surface area contributed by atoms with Gasteiger partial charge in [-0.1, -0.05) is 0 Å². The van der Waals surface area contributed by atoms with Gasteiger partial charge in [0.2, 0.25) is 0 Å². The number of halogens is 1. The fraction of sp³-hybridized carbons (Fsp3) is 0.250. The van der Waals surface area contributed by atoms with Crippen molar-refractivity contribution in [1.29, 1.82) is 0 Å². The Balaban J connectivity index is 3.39. The van der Waals surface area contributed by atoms with Gasteiger partial charge in [-0.05, 0) is 0 Å². The van der Waals surface area contributed by atoms with E-state index < -0.39 is 33.5 Å². The molecular formula is C8H10ClHgNO3S. The number of nitrogens with zero attached hydrogens (tertiary/aromatic N) is 1. The van der Waals surface area contributed by atoms with E-state index in [0.717, 1.165) is 5.69 Å². The monoisotopic (exact) mass is 437 g/mol. The average Bonchev–Trinajstić information content (AvgIpc) is 2.15. The Morgan fingerprint density at radius 1 is 1.40 bits per heavy atom. The summed E-state index contributed by atoms with van der Waals surface area (Å²) in [6.07, 6.45) is 0. The van der Waals surface area contributed by atoms with Gasteiger partial charge < -0.3 is 0 Å². The Morgan fingerprint density at radius 3 is 2.40 bits per heavy atom. The molecule has 0 fully saturated rings. The third kappa shape index (κ3) is 3.31. The molecule has 0 amide bonds. The van der Waals surface area contributed by atoms with Crippen LogP contribution in [0.2, 0.25) is 0 Å². The second-order valence-corrected chi connectivity index (χ2v) is 11.0. The van der Waals surface area contributed by atoms with E-state index in [0.29, 0.717) is 3.07 Å².